The van der Waals surface area contributed by atoms with Gasteiger partial charge in [0.05, 0.1) is 5.60 Å². The van der Waals surface area contributed by atoms with E-state index >= 15 is 0 Å². The van der Waals surface area contributed by atoms with Crippen LogP contribution in [0.5, 0.6) is 0 Å². The molecule has 0 radical (unpaired) electrons. The van der Waals surface area contributed by atoms with Crippen LogP contribution in [0.25, 0.3) is 0 Å². The van der Waals surface area contributed by atoms with E-state index in [4.69, 9.17) is 0 Å². The van der Waals surface area contributed by atoms with Crippen LogP contribution in [0, 0.1) is 0 Å². The lowest BCUT2D eigenvalue weighted by atomic mass is 9.95. The van der Waals surface area contributed by atoms with Gasteiger partial charge in [0.1, 0.15) is 0 Å². The molecule has 1 saturated heterocycles. The van der Waals surface area contributed by atoms with Gasteiger partial charge < -0.3 is 15.7 Å². The fourth-order valence-corrected chi connectivity index (χ4v) is 2.15. The highest BCUT2D eigenvalue weighted by molar-refractivity contribution is 5.76. The van der Waals surface area contributed by atoms with Crippen LogP contribution in [-0.2, 0) is 10.4 Å². The van der Waals surface area contributed by atoms with Crippen molar-refractivity contribution in [2.24, 2.45) is 0 Å². The van der Waals surface area contributed by atoms with E-state index in [1.54, 1.807) is 6.92 Å². The first kappa shape index (κ1) is 13.1. The minimum Gasteiger partial charge on any atom is -0.384 e. The number of nitrogens with one attached hydrogen (secondary N) is 2. The smallest absolute Gasteiger partial charge is 0.220 e. The van der Waals surface area contributed by atoms with Gasteiger partial charge >= 0.3 is 0 Å². The highest BCUT2D eigenvalue weighted by atomic mass is 16.3. The number of hydrogen-bond acceptors (Lipinski definition) is 3. The lowest BCUT2D eigenvalue weighted by Gasteiger charge is -2.29. The van der Waals surface area contributed by atoms with Gasteiger partial charge in [0.2, 0.25) is 5.91 Å². The quantitative estimate of drug-likeness (QED) is 0.737. The molecular formula is C14H20N2O2. The van der Waals surface area contributed by atoms with Gasteiger partial charge in [-0.1, -0.05) is 30.3 Å². The fraction of sp³-hybridized carbons (Fsp3) is 0.500. The van der Waals surface area contributed by atoms with E-state index in [1.807, 2.05) is 30.3 Å². The molecule has 1 aromatic rings. The third-order valence-electron chi connectivity index (χ3n) is 3.40. The van der Waals surface area contributed by atoms with Gasteiger partial charge in [-0.3, -0.25) is 4.79 Å². The Balaban J connectivity index is 1.87. The standard InChI is InChI=1S/C14H20N2O2/c1-14(18,11-5-3-2-4-6-11)10-16-12-7-8-13(17)15-9-12/h2-6,12,16,18H,7-10H2,1H3,(H,15,17). The normalized spacial score (nSPS) is 23.2. The Kier molecular flexibility index (Phi) is 3.99. The minimum atomic E-state index is -0.886. The van der Waals surface area contributed by atoms with Crippen LogP contribution in [0.3, 0.4) is 0 Å². The molecule has 1 amide bonds. The van der Waals surface area contributed by atoms with Crippen LogP contribution in [0.2, 0.25) is 0 Å². The van der Waals surface area contributed by atoms with E-state index < -0.39 is 5.60 Å². The largest absolute Gasteiger partial charge is 0.384 e. The number of hydrogen-bond donors (Lipinski definition) is 3. The van der Waals surface area contributed by atoms with Gasteiger partial charge in [-0.15, -0.1) is 0 Å². The van der Waals surface area contributed by atoms with Crippen molar-refractivity contribution in [2.45, 2.75) is 31.4 Å². The van der Waals surface area contributed by atoms with Crippen molar-refractivity contribution in [2.75, 3.05) is 13.1 Å². The maximum Gasteiger partial charge on any atom is 0.220 e. The highest BCUT2D eigenvalue weighted by Crippen LogP contribution is 2.19. The summed E-state index contributed by atoms with van der Waals surface area (Å²) in [6.45, 7) is 2.93. The van der Waals surface area contributed by atoms with Crippen molar-refractivity contribution in [3.05, 3.63) is 35.9 Å². The molecule has 2 atom stereocenters. The molecule has 98 valence electrons. The van der Waals surface area contributed by atoms with Crippen molar-refractivity contribution in [1.82, 2.24) is 10.6 Å². The van der Waals surface area contributed by atoms with Gasteiger partial charge in [0.15, 0.2) is 0 Å². The predicted octanol–water partition coefficient (Wildman–Crippen LogP) is 0.762. The van der Waals surface area contributed by atoms with Gasteiger partial charge in [0, 0.05) is 25.6 Å². The minimum absolute atomic E-state index is 0.114. The molecule has 1 aliphatic heterocycles. The van der Waals surface area contributed by atoms with Gasteiger partial charge in [0.25, 0.3) is 0 Å². The van der Waals surface area contributed by atoms with E-state index in [0.29, 0.717) is 19.5 Å². The summed E-state index contributed by atoms with van der Waals surface area (Å²) in [5, 5.41) is 16.6. The third-order valence-corrected chi connectivity index (χ3v) is 3.40. The summed E-state index contributed by atoms with van der Waals surface area (Å²) >= 11 is 0. The van der Waals surface area contributed by atoms with Crippen LogP contribution >= 0.6 is 0 Å². The zero-order chi connectivity index (χ0) is 13.0. The zero-order valence-electron chi connectivity index (χ0n) is 10.6. The molecule has 4 nitrogen and oxygen atoms in total. The number of rotatable bonds is 4. The van der Waals surface area contributed by atoms with Crippen LogP contribution in [0.15, 0.2) is 30.3 Å². The van der Waals surface area contributed by atoms with Gasteiger partial charge in [-0.05, 0) is 18.9 Å². The average Bonchev–Trinajstić information content (AvgIpc) is 2.39. The molecule has 1 aromatic carbocycles. The summed E-state index contributed by atoms with van der Waals surface area (Å²) in [6.07, 6.45) is 1.39. The van der Waals surface area contributed by atoms with Crippen molar-refractivity contribution < 1.29 is 9.90 Å². The molecule has 0 aliphatic carbocycles. The molecule has 0 aromatic heterocycles. The first-order valence-corrected chi connectivity index (χ1v) is 6.36. The molecule has 2 unspecified atom stereocenters. The van der Waals surface area contributed by atoms with Gasteiger partial charge in [-0.25, -0.2) is 0 Å². The van der Waals surface area contributed by atoms with Crippen LogP contribution in [0.4, 0.5) is 0 Å². The molecule has 2 rings (SSSR count). The molecule has 1 heterocycles. The van der Waals surface area contributed by atoms with E-state index in [9.17, 15) is 9.90 Å². The maximum absolute atomic E-state index is 11.0. The summed E-state index contributed by atoms with van der Waals surface area (Å²) in [6, 6.07) is 9.87. The number of amides is 1. The molecule has 0 bridgehead atoms. The fourth-order valence-electron chi connectivity index (χ4n) is 2.15. The average molecular weight is 248 g/mol. The van der Waals surface area contributed by atoms with Crippen molar-refractivity contribution in [3.8, 4) is 0 Å². The molecule has 0 saturated carbocycles. The predicted molar refractivity (Wildman–Crippen MR) is 70.0 cm³/mol. The topological polar surface area (TPSA) is 61.4 Å². The van der Waals surface area contributed by atoms with Crippen LogP contribution in [0.1, 0.15) is 25.3 Å². The Morgan fingerprint density at radius 1 is 1.44 bits per heavy atom. The summed E-state index contributed by atoms with van der Waals surface area (Å²) in [5.41, 5.74) is 0.0141. The number of carbonyl (C=O) groups excluding carboxylic acids is 1. The van der Waals surface area contributed by atoms with Crippen molar-refractivity contribution in [3.63, 3.8) is 0 Å². The second kappa shape index (κ2) is 5.50. The number of benzene rings is 1. The first-order chi connectivity index (χ1) is 8.58. The Hall–Kier alpha value is -1.39. The lowest BCUT2D eigenvalue weighted by molar-refractivity contribution is -0.122. The molecule has 0 spiro atoms. The number of piperidine rings is 1. The van der Waals surface area contributed by atoms with Crippen LogP contribution in [-0.4, -0.2) is 30.1 Å². The first-order valence-electron chi connectivity index (χ1n) is 6.36. The summed E-state index contributed by atoms with van der Waals surface area (Å²) in [7, 11) is 0. The highest BCUT2D eigenvalue weighted by Gasteiger charge is 2.25. The van der Waals surface area contributed by atoms with E-state index in [2.05, 4.69) is 10.6 Å². The van der Waals surface area contributed by atoms with E-state index in [0.717, 1.165) is 12.0 Å². The monoisotopic (exact) mass is 248 g/mol. The Morgan fingerprint density at radius 2 is 2.17 bits per heavy atom. The second-order valence-electron chi connectivity index (χ2n) is 5.06. The van der Waals surface area contributed by atoms with E-state index in [-0.39, 0.29) is 11.9 Å². The molecular weight excluding hydrogens is 228 g/mol. The number of aliphatic hydroxyl groups is 1. The lowest BCUT2D eigenvalue weighted by Crippen LogP contribution is -2.49. The van der Waals surface area contributed by atoms with E-state index in [1.165, 1.54) is 0 Å². The Labute approximate surface area is 107 Å². The van der Waals surface area contributed by atoms with Crippen molar-refractivity contribution >= 4 is 5.91 Å². The number of carbonyl (C=O) groups is 1. The molecule has 4 heteroatoms. The molecule has 1 aliphatic rings. The third kappa shape index (κ3) is 3.31. The Morgan fingerprint density at radius 3 is 2.78 bits per heavy atom. The second-order valence-corrected chi connectivity index (χ2v) is 5.06. The molecule has 18 heavy (non-hydrogen) atoms. The summed E-state index contributed by atoms with van der Waals surface area (Å²) in [4.78, 5) is 11.0. The summed E-state index contributed by atoms with van der Waals surface area (Å²) in [5.74, 6) is 0.114. The zero-order valence-corrected chi connectivity index (χ0v) is 10.6. The van der Waals surface area contributed by atoms with Gasteiger partial charge in [-0.2, -0.15) is 0 Å². The molecule has 3 N–H and O–H groups in total. The maximum atomic E-state index is 11.0. The van der Waals surface area contributed by atoms with Crippen LogP contribution < -0.4 is 10.6 Å². The SMILES string of the molecule is CC(O)(CNC1CCC(=O)NC1)c1ccccc1. The molecule has 1 fully saturated rings. The summed E-state index contributed by atoms with van der Waals surface area (Å²) < 4.78 is 0. The van der Waals surface area contributed by atoms with Crippen molar-refractivity contribution in [1.29, 1.82) is 0 Å². The Bertz CT molecular complexity index is 394.